The monoisotopic (exact) mass is 423 g/mol. The van der Waals surface area contributed by atoms with Gasteiger partial charge < -0.3 is 4.52 Å². The van der Waals surface area contributed by atoms with E-state index < -0.39 is 7.52 Å². The average Bonchev–Trinajstić information content (AvgIpc) is 2.73. The third-order valence-corrected chi connectivity index (χ3v) is 8.08. The second-order valence-corrected chi connectivity index (χ2v) is 9.68. The first-order valence-electron chi connectivity index (χ1n) is 9.77. The summed E-state index contributed by atoms with van der Waals surface area (Å²) in [5.74, 6) is 0.586. The lowest BCUT2D eigenvalue weighted by atomic mass is 10.0. The number of halogens is 1. The van der Waals surface area contributed by atoms with Crippen LogP contribution in [-0.4, -0.2) is 17.8 Å². The Bertz CT molecular complexity index is 1220. The topological polar surface area (TPSA) is 29.5 Å². The van der Waals surface area contributed by atoms with E-state index in [1.165, 1.54) is 10.8 Å². The molecule has 0 spiro atoms. The zero-order chi connectivity index (χ0) is 20.4. The summed E-state index contributed by atoms with van der Waals surface area (Å²) >= 11 is 6.18. The third-order valence-electron chi connectivity index (χ3n) is 5.14. The van der Waals surface area contributed by atoms with Crippen LogP contribution in [0.3, 0.4) is 0 Å². The first-order chi connectivity index (χ1) is 14.0. The molecule has 4 aromatic rings. The molecule has 29 heavy (non-hydrogen) atoms. The van der Waals surface area contributed by atoms with Crippen molar-refractivity contribution in [1.29, 1.82) is 0 Å². The minimum atomic E-state index is -3.31. The van der Waals surface area contributed by atoms with Gasteiger partial charge in [0.1, 0.15) is 5.75 Å². The van der Waals surface area contributed by atoms with Gasteiger partial charge in [0.25, 0.3) is 0 Å². The van der Waals surface area contributed by atoms with Crippen LogP contribution in [0.1, 0.15) is 13.8 Å². The number of benzene rings is 4. The largest absolute Gasteiger partial charge is 0.429 e. The summed E-state index contributed by atoms with van der Waals surface area (Å²) in [6.45, 7) is 5.18. The van der Waals surface area contributed by atoms with E-state index in [0.717, 1.165) is 10.8 Å². The molecular weight excluding hydrogens is 401 g/mol. The van der Waals surface area contributed by atoms with Crippen molar-refractivity contribution in [3.8, 4) is 5.75 Å². The first kappa shape index (κ1) is 20.0. The van der Waals surface area contributed by atoms with Crippen molar-refractivity contribution in [3.05, 3.63) is 83.9 Å². The zero-order valence-corrected chi connectivity index (χ0v) is 18.2. The van der Waals surface area contributed by atoms with Crippen molar-refractivity contribution < 1.29 is 9.09 Å². The average molecular weight is 424 g/mol. The minimum absolute atomic E-state index is 0.545. The molecule has 4 aromatic carbocycles. The maximum atomic E-state index is 14.1. The van der Waals surface area contributed by atoms with Gasteiger partial charge in [-0.3, -0.25) is 4.57 Å². The Morgan fingerprint density at radius 1 is 0.793 bits per heavy atom. The Morgan fingerprint density at radius 3 is 2.10 bits per heavy atom. The van der Waals surface area contributed by atoms with E-state index in [1.54, 1.807) is 12.1 Å². The number of hydrogen-bond donors (Lipinski definition) is 0. The summed E-state index contributed by atoms with van der Waals surface area (Å²) in [5, 5.41) is 5.69. The smallest absolute Gasteiger partial charge is 0.349 e. The van der Waals surface area contributed by atoms with E-state index in [9.17, 15) is 4.57 Å². The molecule has 4 rings (SSSR count). The fourth-order valence-electron chi connectivity index (χ4n) is 3.64. The van der Waals surface area contributed by atoms with Gasteiger partial charge in [-0.25, -0.2) is 4.67 Å². The van der Waals surface area contributed by atoms with Crippen LogP contribution in [0, 0.1) is 0 Å². The molecule has 1 unspecified atom stereocenters. The minimum Gasteiger partial charge on any atom is -0.429 e. The van der Waals surface area contributed by atoms with Crippen molar-refractivity contribution in [2.45, 2.75) is 13.8 Å². The normalized spacial score (nSPS) is 13.7. The number of hydrogen-bond acceptors (Lipinski definition) is 2. The van der Waals surface area contributed by atoms with Gasteiger partial charge in [-0.05, 0) is 64.0 Å². The van der Waals surface area contributed by atoms with Crippen molar-refractivity contribution in [1.82, 2.24) is 4.67 Å². The van der Waals surface area contributed by atoms with Crippen LogP contribution in [0.4, 0.5) is 0 Å². The summed E-state index contributed by atoms with van der Waals surface area (Å²) in [6.07, 6.45) is 0. The van der Waals surface area contributed by atoms with Crippen molar-refractivity contribution in [3.63, 3.8) is 0 Å². The molecule has 0 aliphatic carbocycles. The van der Waals surface area contributed by atoms with E-state index in [0.29, 0.717) is 29.2 Å². The highest BCUT2D eigenvalue weighted by Crippen LogP contribution is 2.50. The number of nitrogens with zero attached hydrogens (tertiary/aromatic N) is 1. The highest BCUT2D eigenvalue weighted by molar-refractivity contribution is 7.65. The summed E-state index contributed by atoms with van der Waals surface area (Å²) < 4.78 is 22.2. The summed E-state index contributed by atoms with van der Waals surface area (Å²) in [7, 11) is -3.31. The highest BCUT2D eigenvalue weighted by atomic mass is 35.5. The Kier molecular flexibility index (Phi) is 5.65. The summed E-state index contributed by atoms with van der Waals surface area (Å²) in [5.41, 5.74) is 0. The maximum Gasteiger partial charge on any atom is 0.349 e. The molecule has 1 atom stereocenters. The van der Waals surface area contributed by atoms with E-state index in [4.69, 9.17) is 16.1 Å². The fourth-order valence-corrected chi connectivity index (χ4v) is 6.17. The number of rotatable bonds is 6. The van der Waals surface area contributed by atoms with Gasteiger partial charge in [-0.15, -0.1) is 0 Å². The van der Waals surface area contributed by atoms with Gasteiger partial charge in [0.2, 0.25) is 0 Å². The van der Waals surface area contributed by atoms with E-state index in [1.807, 2.05) is 61.0 Å². The lowest BCUT2D eigenvalue weighted by Crippen LogP contribution is -2.29. The molecule has 0 N–H and O–H groups in total. The van der Waals surface area contributed by atoms with Crippen LogP contribution in [0.2, 0.25) is 5.02 Å². The fraction of sp³-hybridized carbons (Fsp3) is 0.167. The van der Waals surface area contributed by atoms with Crippen molar-refractivity contribution in [2.24, 2.45) is 0 Å². The van der Waals surface area contributed by atoms with Gasteiger partial charge >= 0.3 is 7.52 Å². The van der Waals surface area contributed by atoms with Crippen LogP contribution in [0.25, 0.3) is 21.5 Å². The molecule has 0 radical (unpaired) electrons. The SMILES string of the molecule is CCN(CC)P(=O)(Oc1ccc2cc3ccccc3cc2c1)c1cccc(Cl)c1. The van der Waals surface area contributed by atoms with Gasteiger partial charge in [-0.2, -0.15) is 0 Å². The van der Waals surface area contributed by atoms with Crippen LogP contribution in [-0.2, 0) is 4.57 Å². The van der Waals surface area contributed by atoms with Crippen LogP contribution in [0.5, 0.6) is 5.75 Å². The lowest BCUT2D eigenvalue weighted by Gasteiger charge is -2.30. The molecule has 0 heterocycles. The molecule has 3 nitrogen and oxygen atoms in total. The molecule has 0 saturated heterocycles. The van der Waals surface area contributed by atoms with Crippen LogP contribution >= 0.6 is 19.1 Å². The molecule has 0 fully saturated rings. The Morgan fingerprint density at radius 2 is 1.45 bits per heavy atom. The van der Waals surface area contributed by atoms with Crippen molar-refractivity contribution >= 4 is 46.0 Å². The lowest BCUT2D eigenvalue weighted by molar-refractivity contribution is 0.381. The molecule has 0 amide bonds. The molecule has 0 saturated carbocycles. The Balaban J connectivity index is 1.80. The van der Waals surface area contributed by atoms with E-state index in [-0.39, 0.29) is 0 Å². The summed E-state index contributed by atoms with van der Waals surface area (Å²) in [4.78, 5) is 0. The molecule has 0 aliphatic rings. The molecule has 0 bridgehead atoms. The highest BCUT2D eigenvalue weighted by Gasteiger charge is 2.34. The van der Waals surface area contributed by atoms with E-state index in [2.05, 4.69) is 24.3 Å². The summed E-state index contributed by atoms with van der Waals surface area (Å²) in [6, 6.07) is 25.6. The third kappa shape index (κ3) is 3.91. The molecule has 0 aliphatic heterocycles. The van der Waals surface area contributed by atoms with Gasteiger partial charge in [-0.1, -0.05) is 61.8 Å². The van der Waals surface area contributed by atoms with Gasteiger partial charge in [0.05, 0.1) is 5.30 Å². The predicted octanol–water partition coefficient (Wildman–Crippen LogP) is 6.89. The maximum absolute atomic E-state index is 14.1. The van der Waals surface area contributed by atoms with Crippen LogP contribution < -0.4 is 9.83 Å². The quantitative estimate of drug-likeness (QED) is 0.250. The standard InChI is InChI=1S/C24H23ClNO2P/c1-3-26(4-2)29(27,24-11-7-10-22(25)17-24)28-23-13-12-20-14-18-8-5-6-9-19(18)15-21(20)16-23/h5-17H,3-4H2,1-2H3. The second-order valence-electron chi connectivity index (χ2n) is 6.94. The van der Waals surface area contributed by atoms with Gasteiger partial charge in [0, 0.05) is 18.1 Å². The van der Waals surface area contributed by atoms with Crippen molar-refractivity contribution in [2.75, 3.05) is 13.1 Å². The number of fused-ring (bicyclic) bond motifs is 2. The predicted molar refractivity (Wildman–Crippen MR) is 124 cm³/mol. The first-order valence-corrected chi connectivity index (χ1v) is 11.7. The molecule has 0 aromatic heterocycles. The molecule has 148 valence electrons. The Labute approximate surface area is 176 Å². The van der Waals surface area contributed by atoms with E-state index >= 15 is 0 Å². The molecular formula is C24H23ClNO2P. The second kappa shape index (κ2) is 8.20. The van der Waals surface area contributed by atoms with Gasteiger partial charge in [0.15, 0.2) is 0 Å². The molecule has 5 heteroatoms. The van der Waals surface area contributed by atoms with Crippen LogP contribution in [0.15, 0.2) is 78.9 Å². The zero-order valence-electron chi connectivity index (χ0n) is 16.5. The Hall–Kier alpha value is -2.32.